The van der Waals surface area contributed by atoms with Gasteiger partial charge in [-0.2, -0.15) is 0 Å². The summed E-state index contributed by atoms with van der Waals surface area (Å²) in [6.45, 7) is 0. The van der Waals surface area contributed by atoms with Crippen LogP contribution in [0.5, 0.6) is 0 Å². The second-order valence-electron chi connectivity index (χ2n) is 7.03. The van der Waals surface area contributed by atoms with Crippen molar-refractivity contribution in [1.29, 1.82) is 0 Å². The second-order valence-corrected chi connectivity index (χ2v) is 7.03. The van der Waals surface area contributed by atoms with Crippen LogP contribution in [0.4, 0.5) is 0 Å². The Bertz CT molecular complexity index is 742. The molecule has 0 aliphatic heterocycles. The number of hydrogen-bond donors (Lipinski definition) is 4. The summed E-state index contributed by atoms with van der Waals surface area (Å²) in [5.74, 6) is -3.72. The lowest BCUT2D eigenvalue weighted by Crippen LogP contribution is -2.66. The normalized spacial score (nSPS) is 31.3. The molecule has 0 radical (unpaired) electrons. The van der Waals surface area contributed by atoms with E-state index in [1.807, 2.05) is 12.1 Å². The van der Waals surface area contributed by atoms with Crippen molar-refractivity contribution in [3.63, 3.8) is 0 Å². The lowest BCUT2D eigenvalue weighted by atomic mass is 9.57. The fourth-order valence-electron chi connectivity index (χ4n) is 4.00. The third-order valence-corrected chi connectivity index (χ3v) is 5.53. The van der Waals surface area contributed by atoms with E-state index in [1.165, 1.54) is 0 Å². The first-order valence-corrected chi connectivity index (χ1v) is 8.43. The molecule has 0 saturated heterocycles. The molecular weight excluding hydrogens is 332 g/mol. The van der Waals surface area contributed by atoms with E-state index in [2.05, 4.69) is 0 Å². The number of benzene rings is 2. The molecule has 6 N–H and O–H groups in total. The van der Waals surface area contributed by atoms with Gasteiger partial charge in [0.15, 0.2) is 0 Å². The molecule has 6 heteroatoms. The zero-order valence-corrected chi connectivity index (χ0v) is 14.2. The topological polar surface area (TPSA) is 127 Å². The summed E-state index contributed by atoms with van der Waals surface area (Å²) in [5.41, 5.74) is 10.9. The van der Waals surface area contributed by atoms with Crippen molar-refractivity contribution in [2.24, 2.45) is 11.5 Å². The smallest absolute Gasteiger partial charge is 0.324 e. The Morgan fingerprint density at radius 2 is 1.04 bits per heavy atom. The van der Waals surface area contributed by atoms with Crippen LogP contribution in [-0.4, -0.2) is 33.2 Å². The quantitative estimate of drug-likeness (QED) is 0.664. The van der Waals surface area contributed by atoms with E-state index in [4.69, 9.17) is 11.5 Å². The maximum Gasteiger partial charge on any atom is 0.324 e. The highest BCUT2D eigenvalue weighted by Crippen LogP contribution is 2.50. The van der Waals surface area contributed by atoms with Gasteiger partial charge < -0.3 is 21.7 Å². The molecule has 1 aliphatic rings. The lowest BCUT2D eigenvalue weighted by molar-refractivity contribution is -0.153. The predicted molar refractivity (Wildman–Crippen MR) is 96.7 cm³/mol. The highest BCUT2D eigenvalue weighted by molar-refractivity contribution is 5.85. The lowest BCUT2D eigenvalue weighted by Gasteiger charge is -2.49. The first-order valence-electron chi connectivity index (χ1n) is 8.43. The van der Waals surface area contributed by atoms with Crippen molar-refractivity contribution in [3.8, 4) is 0 Å². The van der Waals surface area contributed by atoms with Crippen LogP contribution < -0.4 is 11.5 Å². The van der Waals surface area contributed by atoms with Crippen LogP contribution in [-0.2, 0) is 9.59 Å². The van der Waals surface area contributed by atoms with Gasteiger partial charge in [-0.25, -0.2) is 0 Å². The van der Waals surface area contributed by atoms with Crippen molar-refractivity contribution < 1.29 is 19.8 Å². The summed E-state index contributed by atoms with van der Waals surface area (Å²) >= 11 is 0. The van der Waals surface area contributed by atoms with Crippen molar-refractivity contribution >= 4 is 11.9 Å². The summed E-state index contributed by atoms with van der Waals surface area (Å²) in [5, 5.41) is 19.8. The number of carboxylic acids is 2. The number of carboxylic acid groups (broad SMARTS) is 2. The molecule has 0 bridgehead atoms. The SMILES string of the molecule is NC1(C(=O)O)CC(c2ccccc2)C(N)(C(=O)O)CC1c1ccccc1. The molecule has 1 aliphatic carbocycles. The van der Waals surface area contributed by atoms with Gasteiger partial charge in [-0.3, -0.25) is 9.59 Å². The van der Waals surface area contributed by atoms with E-state index in [0.717, 1.165) is 0 Å². The number of rotatable bonds is 4. The first-order chi connectivity index (χ1) is 12.3. The number of aliphatic carboxylic acids is 2. The standard InChI is InChI=1S/C20H22N2O4/c21-19(17(23)24)12-16(14-9-5-2-6-10-14)20(22,18(25)26)11-15(19)13-7-3-1-4-8-13/h1-10,15-16H,11-12,21-22H2,(H,23,24)(H,25,26). The van der Waals surface area contributed by atoms with Crippen LogP contribution in [0.15, 0.2) is 60.7 Å². The van der Waals surface area contributed by atoms with E-state index < -0.39 is 34.9 Å². The molecule has 26 heavy (non-hydrogen) atoms. The molecule has 0 aromatic heterocycles. The van der Waals surface area contributed by atoms with Crippen molar-refractivity contribution in [1.82, 2.24) is 0 Å². The van der Waals surface area contributed by atoms with Crippen molar-refractivity contribution in [2.75, 3.05) is 0 Å². The van der Waals surface area contributed by atoms with Crippen LogP contribution in [0.25, 0.3) is 0 Å². The largest absolute Gasteiger partial charge is 0.480 e. The number of hydrogen-bond acceptors (Lipinski definition) is 4. The Balaban J connectivity index is 2.13. The molecule has 2 aromatic carbocycles. The first kappa shape index (κ1) is 18.1. The molecule has 1 fully saturated rings. The molecule has 0 amide bonds. The zero-order chi connectivity index (χ0) is 18.9. The van der Waals surface area contributed by atoms with Crippen molar-refractivity contribution in [3.05, 3.63) is 71.8 Å². The van der Waals surface area contributed by atoms with Gasteiger partial charge in [0, 0.05) is 11.8 Å². The van der Waals surface area contributed by atoms with E-state index >= 15 is 0 Å². The molecule has 0 heterocycles. The molecule has 2 aromatic rings. The summed E-state index contributed by atoms with van der Waals surface area (Å²) in [7, 11) is 0. The van der Waals surface area contributed by atoms with Gasteiger partial charge in [-0.15, -0.1) is 0 Å². The highest BCUT2D eigenvalue weighted by atomic mass is 16.4. The van der Waals surface area contributed by atoms with Crippen molar-refractivity contribution in [2.45, 2.75) is 35.8 Å². The molecule has 4 atom stereocenters. The average Bonchev–Trinajstić information content (AvgIpc) is 2.64. The minimum absolute atomic E-state index is 0.0608. The molecule has 3 rings (SSSR count). The summed E-state index contributed by atoms with van der Waals surface area (Å²) in [6.07, 6.45) is -0.122. The molecular formula is C20H22N2O4. The van der Waals surface area contributed by atoms with E-state index in [9.17, 15) is 19.8 Å². The summed E-state index contributed by atoms with van der Waals surface area (Å²) in [4.78, 5) is 24.2. The highest BCUT2D eigenvalue weighted by Gasteiger charge is 2.58. The Morgan fingerprint density at radius 3 is 1.31 bits per heavy atom. The summed E-state index contributed by atoms with van der Waals surface area (Å²) < 4.78 is 0. The molecule has 4 unspecified atom stereocenters. The van der Waals surface area contributed by atoms with Crippen LogP contribution in [0.1, 0.15) is 35.8 Å². The Hall–Kier alpha value is -2.70. The maximum absolute atomic E-state index is 12.1. The maximum atomic E-state index is 12.1. The van der Waals surface area contributed by atoms with E-state index in [0.29, 0.717) is 11.1 Å². The Labute approximate surface area is 151 Å². The zero-order valence-electron chi connectivity index (χ0n) is 14.2. The van der Waals surface area contributed by atoms with Gasteiger partial charge >= 0.3 is 11.9 Å². The fourth-order valence-corrected chi connectivity index (χ4v) is 4.00. The average molecular weight is 354 g/mol. The minimum Gasteiger partial charge on any atom is -0.480 e. The van der Waals surface area contributed by atoms with E-state index in [-0.39, 0.29) is 12.8 Å². The molecule has 6 nitrogen and oxygen atoms in total. The predicted octanol–water partition coefficient (Wildman–Crippen LogP) is 1.91. The Kier molecular flexibility index (Phi) is 4.56. The summed E-state index contributed by atoms with van der Waals surface area (Å²) in [6, 6.07) is 17.8. The van der Waals surface area contributed by atoms with Gasteiger partial charge in [0.05, 0.1) is 0 Å². The van der Waals surface area contributed by atoms with Gasteiger partial charge in [0.25, 0.3) is 0 Å². The van der Waals surface area contributed by atoms with Gasteiger partial charge in [0.1, 0.15) is 11.1 Å². The van der Waals surface area contributed by atoms with Crippen LogP contribution in [0.3, 0.4) is 0 Å². The molecule has 136 valence electrons. The second kappa shape index (κ2) is 6.55. The monoisotopic (exact) mass is 354 g/mol. The van der Waals surface area contributed by atoms with Crippen LogP contribution in [0.2, 0.25) is 0 Å². The molecule has 0 spiro atoms. The Morgan fingerprint density at radius 1 is 0.731 bits per heavy atom. The minimum atomic E-state index is -1.61. The van der Waals surface area contributed by atoms with Gasteiger partial charge in [-0.05, 0) is 24.0 Å². The van der Waals surface area contributed by atoms with Crippen LogP contribution >= 0.6 is 0 Å². The third kappa shape index (κ3) is 2.87. The number of nitrogens with two attached hydrogens (primary N) is 2. The van der Waals surface area contributed by atoms with Gasteiger partial charge in [-0.1, -0.05) is 60.7 Å². The number of carbonyl (C=O) groups is 2. The van der Waals surface area contributed by atoms with E-state index in [1.54, 1.807) is 48.5 Å². The van der Waals surface area contributed by atoms with Gasteiger partial charge in [0.2, 0.25) is 0 Å². The third-order valence-electron chi connectivity index (χ3n) is 5.53. The molecule has 1 saturated carbocycles. The fraction of sp³-hybridized carbons (Fsp3) is 0.300. The van der Waals surface area contributed by atoms with Crippen LogP contribution in [0, 0.1) is 0 Å².